The summed E-state index contributed by atoms with van der Waals surface area (Å²) in [6.45, 7) is 3.87. The van der Waals surface area contributed by atoms with Crippen LogP contribution in [0.15, 0.2) is 109 Å². The summed E-state index contributed by atoms with van der Waals surface area (Å²) < 4.78 is 33.1. The van der Waals surface area contributed by atoms with E-state index in [1.807, 2.05) is 0 Å². The third-order valence-corrected chi connectivity index (χ3v) is 8.87. The van der Waals surface area contributed by atoms with Gasteiger partial charge in [0.25, 0.3) is 0 Å². The molecule has 10 heteroatoms. The molecule has 0 aliphatic rings. The Labute approximate surface area is 340 Å². The molecule has 0 saturated heterocycles. The van der Waals surface area contributed by atoms with Gasteiger partial charge in [0, 0.05) is 19.4 Å². The van der Waals surface area contributed by atoms with Crippen LogP contribution in [-0.2, 0) is 32.7 Å². The van der Waals surface area contributed by atoms with E-state index in [2.05, 4.69) is 129 Å². The van der Waals surface area contributed by atoms with Crippen molar-refractivity contribution in [1.82, 2.24) is 5.32 Å². The molecule has 0 aliphatic carbocycles. The van der Waals surface area contributed by atoms with E-state index in [-0.39, 0.29) is 26.1 Å². The maximum Gasteiger partial charge on any atom is 0.472 e. The highest BCUT2D eigenvalue weighted by Gasteiger charge is 2.26. The van der Waals surface area contributed by atoms with E-state index >= 15 is 0 Å². The number of carbonyl (C=O) groups excluding carboxylic acids is 2. The molecule has 2 N–H and O–H groups in total. The Morgan fingerprint density at radius 2 is 0.964 bits per heavy atom. The molecular weight excluding hydrogens is 725 g/mol. The molecule has 0 radical (unpaired) electrons. The van der Waals surface area contributed by atoms with Gasteiger partial charge in [0.2, 0.25) is 0 Å². The summed E-state index contributed by atoms with van der Waals surface area (Å²) in [5, 5.41) is 2.81. The van der Waals surface area contributed by atoms with Crippen LogP contribution >= 0.6 is 7.82 Å². The van der Waals surface area contributed by atoms with Crippen molar-refractivity contribution >= 4 is 19.8 Å². The predicted molar refractivity (Wildman–Crippen MR) is 233 cm³/mol. The molecule has 9 nitrogen and oxygen atoms in total. The molecule has 56 heavy (non-hydrogen) atoms. The first kappa shape index (κ1) is 52.7. The molecule has 0 amide bonds. The highest BCUT2D eigenvalue weighted by Crippen LogP contribution is 2.43. The van der Waals surface area contributed by atoms with Crippen LogP contribution in [0.25, 0.3) is 0 Å². The van der Waals surface area contributed by atoms with Crippen molar-refractivity contribution in [3.63, 3.8) is 0 Å². The first-order valence-electron chi connectivity index (χ1n) is 20.8. The summed E-state index contributed by atoms with van der Waals surface area (Å²) in [7, 11) is -2.69. The van der Waals surface area contributed by atoms with Gasteiger partial charge in [0.15, 0.2) is 6.10 Å². The van der Waals surface area contributed by atoms with Crippen LogP contribution in [0.1, 0.15) is 129 Å². The van der Waals surface area contributed by atoms with Crippen LogP contribution in [0.5, 0.6) is 0 Å². The second-order valence-corrected chi connectivity index (χ2v) is 14.5. The lowest BCUT2D eigenvalue weighted by Gasteiger charge is -2.20. The van der Waals surface area contributed by atoms with E-state index in [9.17, 15) is 19.0 Å². The van der Waals surface area contributed by atoms with Crippen molar-refractivity contribution in [3.8, 4) is 0 Å². The standard InChI is InChI=1S/C46H74NO8P/c1-4-6-8-10-12-14-16-18-20-21-22-23-25-26-28-30-32-34-36-38-45(48)52-42-44(43-54-56(50,51)53-41-40-47-3)55-46(49)39-37-35-33-31-29-27-24-19-17-15-13-11-9-7-5-2/h6-9,12-15,18-20,22-24,26,28-29,31,44,47H,4-5,10-11,16-17,21,25,27,30,32-43H2,1-3H3,(H,50,51)/b8-6-,9-7-,14-12-,15-13-,20-18-,23-22-,24-19-,28-26-,31-29-. The third kappa shape index (κ3) is 40.3. The SMILES string of the molecule is CC/C=C\C/C=C\C/C=C\C/C=C\C/C=C\CCCCCC(=O)OCC(COP(=O)(O)OCCNC)OC(=O)CCCC/C=C\C/C=C\C/C=C\C/C=C\CC. The molecule has 0 aliphatic heterocycles. The molecule has 0 aromatic heterocycles. The van der Waals surface area contributed by atoms with E-state index in [4.69, 9.17) is 18.5 Å². The quantitative estimate of drug-likeness (QED) is 0.0274. The number of esters is 2. The average molecular weight is 800 g/mol. The normalized spacial score (nSPS) is 14.4. The molecule has 0 aromatic carbocycles. The van der Waals surface area contributed by atoms with Gasteiger partial charge in [0.1, 0.15) is 6.61 Å². The van der Waals surface area contributed by atoms with Crippen LogP contribution in [0.3, 0.4) is 0 Å². The van der Waals surface area contributed by atoms with Gasteiger partial charge in [-0.3, -0.25) is 18.6 Å². The lowest BCUT2D eigenvalue weighted by Crippen LogP contribution is -2.29. The van der Waals surface area contributed by atoms with Gasteiger partial charge in [-0.05, 0) is 103 Å². The van der Waals surface area contributed by atoms with Crippen molar-refractivity contribution in [2.45, 2.75) is 136 Å². The topological polar surface area (TPSA) is 120 Å². The van der Waals surface area contributed by atoms with E-state index in [1.165, 1.54) is 0 Å². The average Bonchev–Trinajstić information content (AvgIpc) is 3.18. The minimum Gasteiger partial charge on any atom is -0.462 e. The van der Waals surface area contributed by atoms with Gasteiger partial charge < -0.3 is 19.7 Å². The summed E-state index contributed by atoms with van der Waals surface area (Å²) in [5.41, 5.74) is 0. The lowest BCUT2D eigenvalue weighted by molar-refractivity contribution is -0.161. The van der Waals surface area contributed by atoms with Gasteiger partial charge in [-0.2, -0.15) is 0 Å². The Kier molecular flexibility index (Phi) is 38.9. The number of rotatable bonds is 37. The minimum absolute atomic E-state index is 0.0376. The molecule has 0 aromatic rings. The number of hydrogen-bond donors (Lipinski definition) is 2. The van der Waals surface area contributed by atoms with Crippen LogP contribution in [0.2, 0.25) is 0 Å². The van der Waals surface area contributed by atoms with E-state index in [1.54, 1.807) is 7.05 Å². The van der Waals surface area contributed by atoms with Crippen molar-refractivity contribution in [3.05, 3.63) is 109 Å². The molecule has 2 atom stereocenters. The van der Waals surface area contributed by atoms with Gasteiger partial charge >= 0.3 is 19.8 Å². The van der Waals surface area contributed by atoms with Crippen molar-refractivity contribution in [2.75, 3.05) is 33.4 Å². The number of unbranched alkanes of at least 4 members (excludes halogenated alkanes) is 5. The smallest absolute Gasteiger partial charge is 0.462 e. The highest BCUT2D eigenvalue weighted by atomic mass is 31.2. The Bertz CT molecular complexity index is 1280. The van der Waals surface area contributed by atoms with Crippen LogP contribution < -0.4 is 5.32 Å². The number of likely N-dealkylation sites (N-methyl/N-ethyl adjacent to an activating group) is 1. The van der Waals surface area contributed by atoms with Crippen molar-refractivity contribution in [1.29, 1.82) is 0 Å². The zero-order valence-electron chi connectivity index (χ0n) is 34.8. The van der Waals surface area contributed by atoms with E-state index in [0.29, 0.717) is 19.4 Å². The molecule has 2 unspecified atom stereocenters. The maximum absolute atomic E-state index is 12.6. The first-order valence-corrected chi connectivity index (χ1v) is 22.3. The molecular formula is C46H74NO8P. The molecule has 316 valence electrons. The zero-order valence-corrected chi connectivity index (χ0v) is 35.7. The van der Waals surface area contributed by atoms with Crippen LogP contribution in [-0.4, -0.2) is 56.3 Å². The van der Waals surface area contributed by atoms with Gasteiger partial charge in [-0.1, -0.05) is 130 Å². The van der Waals surface area contributed by atoms with Crippen molar-refractivity contribution < 1.29 is 37.6 Å². The number of hydrogen-bond acceptors (Lipinski definition) is 8. The third-order valence-electron chi connectivity index (χ3n) is 7.89. The molecule has 0 bridgehead atoms. The van der Waals surface area contributed by atoms with E-state index < -0.39 is 32.5 Å². The van der Waals surface area contributed by atoms with Crippen LogP contribution in [0, 0.1) is 0 Å². The number of phosphoric acid groups is 1. The van der Waals surface area contributed by atoms with E-state index in [0.717, 1.165) is 89.9 Å². The highest BCUT2D eigenvalue weighted by molar-refractivity contribution is 7.47. The molecule has 0 heterocycles. The maximum atomic E-state index is 12.6. The van der Waals surface area contributed by atoms with Crippen LogP contribution in [0.4, 0.5) is 0 Å². The Hall–Kier alpha value is -3.33. The second kappa shape index (κ2) is 41.3. The number of allylic oxidation sites excluding steroid dienone is 18. The molecule has 0 spiro atoms. The fourth-order valence-corrected chi connectivity index (χ4v) is 5.55. The number of phosphoric ester groups is 1. The Morgan fingerprint density at radius 3 is 1.43 bits per heavy atom. The fraction of sp³-hybridized carbons (Fsp3) is 0.565. The Morgan fingerprint density at radius 1 is 0.554 bits per heavy atom. The summed E-state index contributed by atoms with van der Waals surface area (Å²) in [6.07, 6.45) is 52.8. The molecule has 0 fully saturated rings. The molecule has 0 rings (SSSR count). The summed E-state index contributed by atoms with van der Waals surface area (Å²) in [6, 6.07) is 0. The largest absolute Gasteiger partial charge is 0.472 e. The summed E-state index contributed by atoms with van der Waals surface area (Å²) in [4.78, 5) is 35.0. The monoisotopic (exact) mass is 800 g/mol. The van der Waals surface area contributed by atoms with Crippen molar-refractivity contribution in [2.24, 2.45) is 0 Å². The van der Waals surface area contributed by atoms with Gasteiger partial charge in [0.05, 0.1) is 13.2 Å². The number of nitrogens with one attached hydrogen (secondary N) is 1. The lowest BCUT2D eigenvalue weighted by atomic mass is 10.1. The minimum atomic E-state index is -4.38. The predicted octanol–water partition coefficient (Wildman–Crippen LogP) is 11.9. The Balaban J connectivity index is 4.40. The first-order chi connectivity index (χ1) is 27.3. The fourth-order valence-electron chi connectivity index (χ4n) is 4.80. The second-order valence-electron chi connectivity index (χ2n) is 13.1. The summed E-state index contributed by atoms with van der Waals surface area (Å²) in [5.74, 6) is -0.907. The molecule has 0 saturated carbocycles. The van der Waals surface area contributed by atoms with Gasteiger partial charge in [-0.15, -0.1) is 0 Å². The number of carbonyl (C=O) groups is 2. The number of ether oxygens (including phenoxy) is 2. The summed E-state index contributed by atoms with van der Waals surface area (Å²) >= 11 is 0. The van der Waals surface area contributed by atoms with Gasteiger partial charge in [-0.25, -0.2) is 4.57 Å². The zero-order chi connectivity index (χ0) is 41.1.